The minimum absolute atomic E-state index is 0.954. The quantitative estimate of drug-likeness (QED) is 0.690. The van der Waals surface area contributed by atoms with Gasteiger partial charge in [-0.2, -0.15) is 0 Å². The summed E-state index contributed by atoms with van der Waals surface area (Å²) in [6.45, 7) is 0. The van der Waals surface area contributed by atoms with Gasteiger partial charge in [0.1, 0.15) is 17.0 Å². The second kappa shape index (κ2) is 2.74. The van der Waals surface area contributed by atoms with E-state index in [4.69, 9.17) is 9.26 Å². The van der Waals surface area contributed by atoms with Crippen LogP contribution in [0.25, 0.3) is 10.9 Å². The fraction of sp³-hybridized carbons (Fsp3) is 0.364. The summed E-state index contributed by atoms with van der Waals surface area (Å²) in [5, 5.41) is 5.21. The van der Waals surface area contributed by atoms with Crippen LogP contribution < -0.4 is 4.74 Å². The Hall–Kier alpha value is -1.51. The minimum Gasteiger partial charge on any atom is -0.496 e. The Kier molecular flexibility index (Phi) is 1.54. The second-order valence-electron chi connectivity index (χ2n) is 3.60. The molecule has 0 saturated heterocycles. The van der Waals surface area contributed by atoms with Gasteiger partial charge in [-0.15, -0.1) is 0 Å². The van der Waals surface area contributed by atoms with Crippen molar-refractivity contribution in [1.29, 1.82) is 0 Å². The third-order valence-corrected chi connectivity index (χ3v) is 2.83. The molecule has 1 aliphatic rings. The van der Waals surface area contributed by atoms with Gasteiger partial charge in [-0.3, -0.25) is 0 Å². The maximum atomic E-state index is 5.33. The first kappa shape index (κ1) is 7.85. The summed E-state index contributed by atoms with van der Waals surface area (Å²) < 4.78 is 10.6. The lowest BCUT2D eigenvalue weighted by molar-refractivity contribution is 0.384. The van der Waals surface area contributed by atoms with Gasteiger partial charge >= 0.3 is 0 Å². The molecule has 0 N–H and O–H groups in total. The highest BCUT2D eigenvalue weighted by atomic mass is 16.5. The molecule has 0 amide bonds. The van der Waals surface area contributed by atoms with Gasteiger partial charge in [-0.1, -0.05) is 5.16 Å². The normalized spacial score (nSPS) is 14.6. The van der Waals surface area contributed by atoms with E-state index in [1.807, 2.05) is 12.1 Å². The number of rotatable bonds is 1. The first-order valence-electron chi connectivity index (χ1n) is 4.84. The second-order valence-corrected chi connectivity index (χ2v) is 3.60. The highest BCUT2D eigenvalue weighted by Crippen LogP contribution is 2.35. The van der Waals surface area contributed by atoms with Gasteiger partial charge < -0.3 is 9.26 Å². The van der Waals surface area contributed by atoms with Crippen LogP contribution in [-0.4, -0.2) is 12.3 Å². The van der Waals surface area contributed by atoms with Crippen LogP contribution in [0.1, 0.15) is 17.7 Å². The largest absolute Gasteiger partial charge is 0.496 e. The highest BCUT2D eigenvalue weighted by Gasteiger charge is 2.20. The van der Waals surface area contributed by atoms with Gasteiger partial charge in [0, 0.05) is 12.0 Å². The molecule has 0 fully saturated rings. The molecule has 0 radical (unpaired) electrons. The van der Waals surface area contributed by atoms with Crippen LogP contribution >= 0.6 is 0 Å². The summed E-state index contributed by atoms with van der Waals surface area (Å²) in [5.41, 5.74) is 2.21. The molecule has 1 aromatic heterocycles. The molecule has 1 heterocycles. The topological polar surface area (TPSA) is 35.3 Å². The van der Waals surface area contributed by atoms with E-state index in [0.717, 1.165) is 36.3 Å². The zero-order chi connectivity index (χ0) is 9.54. The Morgan fingerprint density at radius 2 is 2.29 bits per heavy atom. The van der Waals surface area contributed by atoms with E-state index in [0.29, 0.717) is 0 Å². The summed E-state index contributed by atoms with van der Waals surface area (Å²) in [5.74, 6) is 1.97. The SMILES string of the molecule is COc1ccc2noc3c2c1CCC3. The fourth-order valence-electron chi connectivity index (χ4n) is 2.19. The molecule has 3 heteroatoms. The van der Waals surface area contributed by atoms with Crippen molar-refractivity contribution < 1.29 is 9.26 Å². The molecule has 0 unspecified atom stereocenters. The van der Waals surface area contributed by atoms with Crippen molar-refractivity contribution in [2.45, 2.75) is 19.3 Å². The van der Waals surface area contributed by atoms with Crippen molar-refractivity contribution in [3.63, 3.8) is 0 Å². The van der Waals surface area contributed by atoms with Crippen molar-refractivity contribution in [3.05, 3.63) is 23.5 Å². The summed E-state index contributed by atoms with van der Waals surface area (Å²) in [4.78, 5) is 0. The molecule has 1 aliphatic carbocycles. The first-order chi connectivity index (χ1) is 6.90. The molecule has 0 atom stereocenters. The minimum atomic E-state index is 0.954. The van der Waals surface area contributed by atoms with E-state index in [2.05, 4.69) is 5.16 Å². The lowest BCUT2D eigenvalue weighted by Crippen LogP contribution is -2.00. The molecule has 0 aliphatic heterocycles. The maximum absolute atomic E-state index is 5.33. The molecule has 72 valence electrons. The number of aryl methyl sites for hydroxylation is 2. The molecular formula is C11H11NO2. The smallest absolute Gasteiger partial charge is 0.145 e. The van der Waals surface area contributed by atoms with Gasteiger partial charge in [-0.25, -0.2) is 0 Å². The van der Waals surface area contributed by atoms with E-state index >= 15 is 0 Å². The third-order valence-electron chi connectivity index (χ3n) is 2.83. The predicted octanol–water partition coefficient (Wildman–Crippen LogP) is 2.33. The first-order valence-corrected chi connectivity index (χ1v) is 4.84. The van der Waals surface area contributed by atoms with Gasteiger partial charge in [0.2, 0.25) is 0 Å². The Morgan fingerprint density at radius 3 is 3.14 bits per heavy atom. The van der Waals surface area contributed by atoms with Crippen molar-refractivity contribution in [1.82, 2.24) is 5.16 Å². The van der Waals surface area contributed by atoms with Crippen LogP contribution in [0.15, 0.2) is 16.7 Å². The number of methoxy groups -OCH3 is 1. The number of aromatic nitrogens is 1. The molecule has 0 saturated carbocycles. The van der Waals surface area contributed by atoms with Crippen LogP contribution in [0.2, 0.25) is 0 Å². The number of benzene rings is 1. The Bertz CT molecular complexity index is 487. The summed E-state index contributed by atoms with van der Waals surface area (Å²) in [6.07, 6.45) is 3.18. The zero-order valence-electron chi connectivity index (χ0n) is 8.04. The third kappa shape index (κ3) is 0.895. The summed E-state index contributed by atoms with van der Waals surface area (Å²) in [7, 11) is 1.71. The lowest BCUT2D eigenvalue weighted by atomic mass is 9.94. The van der Waals surface area contributed by atoms with Crippen molar-refractivity contribution >= 4 is 10.9 Å². The fourth-order valence-corrected chi connectivity index (χ4v) is 2.19. The number of nitrogens with zero attached hydrogens (tertiary/aromatic N) is 1. The monoisotopic (exact) mass is 189 g/mol. The molecule has 0 bridgehead atoms. The number of ether oxygens (including phenoxy) is 1. The van der Waals surface area contributed by atoms with Crippen molar-refractivity contribution in [3.8, 4) is 5.75 Å². The van der Waals surface area contributed by atoms with Gasteiger partial charge in [0.15, 0.2) is 0 Å². The summed E-state index contributed by atoms with van der Waals surface area (Å²) >= 11 is 0. The van der Waals surface area contributed by atoms with Crippen LogP contribution in [0, 0.1) is 0 Å². The van der Waals surface area contributed by atoms with Crippen molar-refractivity contribution in [2.75, 3.05) is 7.11 Å². The molecular weight excluding hydrogens is 178 g/mol. The zero-order valence-corrected chi connectivity index (χ0v) is 8.04. The highest BCUT2D eigenvalue weighted by molar-refractivity contribution is 5.87. The standard InChI is InChI=1S/C11H11NO2/c1-13-9-6-5-8-11-7(9)3-2-4-10(11)14-12-8/h5-6H,2-4H2,1H3. The van der Waals surface area contributed by atoms with Crippen LogP contribution in [-0.2, 0) is 12.8 Å². The van der Waals surface area contributed by atoms with Gasteiger partial charge in [-0.05, 0) is 25.0 Å². The molecule has 3 rings (SSSR count). The summed E-state index contributed by atoms with van der Waals surface area (Å²) in [6, 6.07) is 3.92. The number of hydrogen-bond acceptors (Lipinski definition) is 3. The molecule has 3 nitrogen and oxygen atoms in total. The van der Waals surface area contributed by atoms with Gasteiger partial charge in [0.05, 0.1) is 12.5 Å². The maximum Gasteiger partial charge on any atom is 0.145 e. The Morgan fingerprint density at radius 1 is 1.36 bits per heavy atom. The predicted molar refractivity (Wildman–Crippen MR) is 52.6 cm³/mol. The molecule has 2 aromatic rings. The van der Waals surface area contributed by atoms with E-state index in [9.17, 15) is 0 Å². The van der Waals surface area contributed by atoms with Crippen LogP contribution in [0.4, 0.5) is 0 Å². The van der Waals surface area contributed by atoms with Crippen LogP contribution in [0.3, 0.4) is 0 Å². The molecule has 1 aromatic carbocycles. The molecule has 14 heavy (non-hydrogen) atoms. The van der Waals surface area contributed by atoms with E-state index in [-0.39, 0.29) is 0 Å². The van der Waals surface area contributed by atoms with Crippen LogP contribution in [0.5, 0.6) is 5.75 Å². The average molecular weight is 189 g/mol. The molecule has 0 spiro atoms. The van der Waals surface area contributed by atoms with E-state index in [1.54, 1.807) is 7.11 Å². The van der Waals surface area contributed by atoms with Gasteiger partial charge in [0.25, 0.3) is 0 Å². The van der Waals surface area contributed by atoms with E-state index in [1.165, 1.54) is 10.9 Å². The lowest BCUT2D eigenvalue weighted by Gasteiger charge is -2.13. The Labute approximate surface area is 81.6 Å². The van der Waals surface area contributed by atoms with Crippen molar-refractivity contribution in [2.24, 2.45) is 0 Å². The average Bonchev–Trinajstić information content (AvgIpc) is 2.65. The Balaban J connectivity index is 2.41. The van der Waals surface area contributed by atoms with E-state index < -0.39 is 0 Å². The number of hydrogen-bond donors (Lipinski definition) is 0.